The Hall–Kier alpha value is -2.03. The number of carboxylic acids is 1. The Labute approximate surface area is 174 Å². The van der Waals surface area contributed by atoms with Crippen LogP contribution in [-0.2, 0) is 11.2 Å². The van der Waals surface area contributed by atoms with Gasteiger partial charge < -0.3 is 20.5 Å². The lowest BCUT2D eigenvalue weighted by atomic mass is 10.1. The number of pyridine rings is 2. The van der Waals surface area contributed by atoms with Crippen LogP contribution in [-0.4, -0.2) is 47.3 Å². The zero-order chi connectivity index (χ0) is 20.2. The Bertz CT molecular complexity index is 745. The maximum Gasteiger partial charge on any atom is 0.305 e. The lowest BCUT2D eigenvalue weighted by molar-refractivity contribution is -0.137. The van der Waals surface area contributed by atoms with Gasteiger partial charge in [0.15, 0.2) is 0 Å². The highest BCUT2D eigenvalue weighted by molar-refractivity contribution is 9.10. The molecular weight excluding hydrogens is 424 g/mol. The number of aliphatic carboxylic acids is 1. The third-order valence-electron chi connectivity index (χ3n) is 4.08. The molecule has 0 saturated carbocycles. The number of halogens is 1. The van der Waals surface area contributed by atoms with Crippen molar-refractivity contribution in [3.05, 3.63) is 52.5 Å². The highest BCUT2D eigenvalue weighted by Gasteiger charge is 2.16. The molecule has 0 spiro atoms. The van der Waals surface area contributed by atoms with Gasteiger partial charge in [-0.1, -0.05) is 6.07 Å². The number of aryl methyl sites for hydroxylation is 1. The summed E-state index contributed by atoms with van der Waals surface area (Å²) in [5.41, 5.74) is 1.88. The standard InChI is InChI=1S/C20H27BrN4O3/c1-2-28-17-11-15(13-23-14-17)18(12-20(26)27)24-10-9-22-8-4-6-16-5-3-7-19(21)25-16/h3,5,7,11,13-14,18,22,24H,2,4,6,8-10,12H2,1H3,(H,26,27). The van der Waals surface area contributed by atoms with Crippen molar-refractivity contribution in [2.45, 2.75) is 32.2 Å². The van der Waals surface area contributed by atoms with Gasteiger partial charge in [-0.25, -0.2) is 4.98 Å². The fourth-order valence-electron chi connectivity index (χ4n) is 2.80. The molecule has 7 nitrogen and oxygen atoms in total. The fraction of sp³-hybridized carbons (Fsp3) is 0.450. The number of hydrogen-bond acceptors (Lipinski definition) is 6. The number of nitrogens with one attached hydrogen (secondary N) is 2. The fourth-order valence-corrected chi connectivity index (χ4v) is 3.18. The van der Waals surface area contributed by atoms with Gasteiger partial charge in [-0.15, -0.1) is 0 Å². The van der Waals surface area contributed by atoms with Crippen LogP contribution in [0.4, 0.5) is 0 Å². The van der Waals surface area contributed by atoms with Gasteiger partial charge >= 0.3 is 5.97 Å². The number of rotatable bonds is 13. The van der Waals surface area contributed by atoms with Gasteiger partial charge in [0.2, 0.25) is 0 Å². The molecule has 1 unspecified atom stereocenters. The van der Waals surface area contributed by atoms with E-state index in [2.05, 4.69) is 36.5 Å². The van der Waals surface area contributed by atoms with E-state index in [-0.39, 0.29) is 12.5 Å². The molecule has 152 valence electrons. The van der Waals surface area contributed by atoms with Crippen molar-refractivity contribution < 1.29 is 14.6 Å². The molecule has 28 heavy (non-hydrogen) atoms. The minimum absolute atomic E-state index is 0.00812. The van der Waals surface area contributed by atoms with E-state index in [1.165, 1.54) is 0 Å². The van der Waals surface area contributed by atoms with Crippen LogP contribution in [0.2, 0.25) is 0 Å². The van der Waals surface area contributed by atoms with Crippen molar-refractivity contribution in [3.63, 3.8) is 0 Å². The largest absolute Gasteiger partial charge is 0.492 e. The molecule has 3 N–H and O–H groups in total. The van der Waals surface area contributed by atoms with E-state index in [1.54, 1.807) is 12.4 Å². The minimum atomic E-state index is -0.853. The number of carbonyl (C=O) groups is 1. The average Bonchev–Trinajstić information content (AvgIpc) is 2.66. The highest BCUT2D eigenvalue weighted by atomic mass is 79.9. The van der Waals surface area contributed by atoms with Crippen LogP contribution in [0.3, 0.4) is 0 Å². The first-order chi connectivity index (χ1) is 13.6. The van der Waals surface area contributed by atoms with Gasteiger partial charge in [0, 0.05) is 31.0 Å². The molecule has 0 amide bonds. The van der Waals surface area contributed by atoms with Crippen molar-refractivity contribution in [2.75, 3.05) is 26.2 Å². The van der Waals surface area contributed by atoms with Crippen LogP contribution in [0.15, 0.2) is 41.3 Å². The molecule has 2 rings (SSSR count). The maximum atomic E-state index is 11.2. The van der Waals surface area contributed by atoms with Crippen molar-refractivity contribution in [3.8, 4) is 5.75 Å². The zero-order valence-electron chi connectivity index (χ0n) is 16.0. The first kappa shape index (κ1) is 22.3. The number of hydrogen-bond donors (Lipinski definition) is 3. The van der Waals surface area contributed by atoms with E-state index in [1.807, 2.05) is 31.2 Å². The van der Waals surface area contributed by atoms with Crippen LogP contribution in [0.5, 0.6) is 5.75 Å². The molecular formula is C20H27BrN4O3. The second-order valence-electron chi connectivity index (χ2n) is 6.30. The van der Waals surface area contributed by atoms with Crippen molar-refractivity contribution in [2.24, 2.45) is 0 Å². The Morgan fingerprint density at radius 3 is 2.89 bits per heavy atom. The van der Waals surface area contributed by atoms with E-state index < -0.39 is 5.97 Å². The summed E-state index contributed by atoms with van der Waals surface area (Å²) in [4.78, 5) is 19.8. The molecule has 0 saturated heterocycles. The Morgan fingerprint density at radius 2 is 2.14 bits per heavy atom. The van der Waals surface area contributed by atoms with Gasteiger partial charge in [-0.3, -0.25) is 9.78 Å². The summed E-state index contributed by atoms with van der Waals surface area (Å²) in [5, 5.41) is 15.9. The van der Waals surface area contributed by atoms with Gasteiger partial charge in [-0.05, 0) is 66.0 Å². The molecule has 2 aromatic heterocycles. The van der Waals surface area contributed by atoms with Gasteiger partial charge in [0.25, 0.3) is 0 Å². The Morgan fingerprint density at radius 1 is 1.29 bits per heavy atom. The molecule has 0 fully saturated rings. The Kier molecular flexibility index (Phi) is 9.88. The van der Waals surface area contributed by atoms with Gasteiger partial charge in [0.05, 0.1) is 19.2 Å². The second-order valence-corrected chi connectivity index (χ2v) is 7.11. The summed E-state index contributed by atoms with van der Waals surface area (Å²) >= 11 is 3.38. The zero-order valence-corrected chi connectivity index (χ0v) is 17.6. The number of ether oxygens (including phenoxy) is 1. The summed E-state index contributed by atoms with van der Waals surface area (Å²) in [6.45, 7) is 4.73. The maximum absolute atomic E-state index is 11.2. The highest BCUT2D eigenvalue weighted by Crippen LogP contribution is 2.20. The first-order valence-corrected chi connectivity index (χ1v) is 10.2. The predicted octanol–water partition coefficient (Wildman–Crippen LogP) is 2.97. The van der Waals surface area contributed by atoms with Gasteiger partial charge in [-0.2, -0.15) is 0 Å². The topological polar surface area (TPSA) is 96.4 Å². The first-order valence-electron chi connectivity index (χ1n) is 9.43. The smallest absolute Gasteiger partial charge is 0.305 e. The molecule has 0 aliphatic carbocycles. The number of aromatic nitrogens is 2. The summed E-state index contributed by atoms with van der Waals surface area (Å²) < 4.78 is 6.31. The third kappa shape index (κ3) is 8.33. The summed E-state index contributed by atoms with van der Waals surface area (Å²) in [6, 6.07) is 7.46. The molecule has 0 radical (unpaired) electrons. The summed E-state index contributed by atoms with van der Waals surface area (Å²) in [7, 11) is 0. The average molecular weight is 451 g/mol. The quantitative estimate of drug-likeness (QED) is 0.318. The van der Waals surface area contributed by atoms with Crippen LogP contribution >= 0.6 is 15.9 Å². The van der Waals surface area contributed by atoms with Gasteiger partial charge in [0.1, 0.15) is 10.4 Å². The third-order valence-corrected chi connectivity index (χ3v) is 4.52. The normalized spacial score (nSPS) is 11.9. The molecule has 1 atom stereocenters. The van der Waals surface area contributed by atoms with E-state index >= 15 is 0 Å². The van der Waals surface area contributed by atoms with Crippen LogP contribution in [0.1, 0.15) is 37.1 Å². The van der Waals surface area contributed by atoms with Crippen molar-refractivity contribution >= 4 is 21.9 Å². The number of carboxylic acid groups (broad SMARTS) is 1. The van der Waals surface area contributed by atoms with Crippen molar-refractivity contribution in [1.29, 1.82) is 0 Å². The Balaban J connectivity index is 1.73. The lowest BCUT2D eigenvalue weighted by Crippen LogP contribution is -2.32. The molecule has 0 aromatic carbocycles. The van der Waals surface area contributed by atoms with E-state index in [9.17, 15) is 9.90 Å². The monoisotopic (exact) mass is 450 g/mol. The molecule has 0 aliphatic heterocycles. The van der Waals surface area contributed by atoms with E-state index in [0.29, 0.717) is 18.9 Å². The summed E-state index contributed by atoms with van der Waals surface area (Å²) in [5.74, 6) is -0.203. The number of nitrogens with zero attached hydrogens (tertiary/aromatic N) is 2. The lowest BCUT2D eigenvalue weighted by Gasteiger charge is -2.18. The molecule has 2 aromatic rings. The molecule has 8 heteroatoms. The molecule has 2 heterocycles. The van der Waals surface area contributed by atoms with E-state index in [0.717, 1.165) is 41.8 Å². The van der Waals surface area contributed by atoms with Crippen LogP contribution in [0.25, 0.3) is 0 Å². The summed E-state index contributed by atoms with van der Waals surface area (Å²) in [6.07, 6.45) is 5.21. The molecule has 0 aliphatic rings. The molecule has 0 bridgehead atoms. The second kappa shape index (κ2) is 12.4. The van der Waals surface area contributed by atoms with Crippen molar-refractivity contribution in [1.82, 2.24) is 20.6 Å². The SMILES string of the molecule is CCOc1cncc(C(CC(=O)O)NCCNCCCc2cccc(Br)n2)c1. The predicted molar refractivity (Wildman–Crippen MR) is 112 cm³/mol. The van der Waals surface area contributed by atoms with Crippen LogP contribution < -0.4 is 15.4 Å². The van der Waals surface area contributed by atoms with E-state index in [4.69, 9.17) is 4.74 Å². The van der Waals surface area contributed by atoms with Crippen LogP contribution in [0, 0.1) is 0 Å². The minimum Gasteiger partial charge on any atom is -0.492 e.